The van der Waals surface area contributed by atoms with Crippen LogP contribution < -0.4 is 15.0 Å². The van der Waals surface area contributed by atoms with Gasteiger partial charge in [0.15, 0.2) is 11.5 Å². The quantitative estimate of drug-likeness (QED) is 0.713. The van der Waals surface area contributed by atoms with Crippen LogP contribution in [0.5, 0.6) is 17.2 Å². The number of aromatic hydroxyl groups is 1. The second-order valence-corrected chi connectivity index (χ2v) is 4.69. The predicted molar refractivity (Wildman–Crippen MR) is 75.6 cm³/mol. The molecule has 0 unspecified atom stereocenters. The molecule has 0 saturated heterocycles. The molecule has 0 bridgehead atoms. The van der Waals surface area contributed by atoms with Crippen LogP contribution in [0.3, 0.4) is 0 Å². The van der Waals surface area contributed by atoms with E-state index < -0.39 is 0 Å². The molecule has 2 aromatic carbocycles. The van der Waals surface area contributed by atoms with Gasteiger partial charge in [-0.1, -0.05) is 6.07 Å². The third-order valence-corrected chi connectivity index (χ3v) is 3.43. The molecular formula is C15H10N2O4. The lowest BCUT2D eigenvalue weighted by Crippen LogP contribution is -2.06. The van der Waals surface area contributed by atoms with Crippen molar-refractivity contribution in [3.05, 3.63) is 47.0 Å². The molecule has 2 heterocycles. The van der Waals surface area contributed by atoms with E-state index in [0.717, 1.165) is 5.56 Å². The van der Waals surface area contributed by atoms with Gasteiger partial charge in [0.25, 0.3) is 5.56 Å². The maximum Gasteiger partial charge on any atom is 0.258 e. The highest BCUT2D eigenvalue weighted by molar-refractivity contribution is 5.89. The molecule has 6 nitrogen and oxygen atoms in total. The average Bonchev–Trinajstić information content (AvgIpc) is 2.95. The van der Waals surface area contributed by atoms with Gasteiger partial charge in [-0.3, -0.25) is 4.79 Å². The Hall–Kier alpha value is -3.02. The second kappa shape index (κ2) is 4.24. The normalized spacial score (nSPS) is 12.8. The molecule has 0 saturated carbocycles. The summed E-state index contributed by atoms with van der Waals surface area (Å²) in [5.41, 5.74) is 1.51. The number of nitrogens with one attached hydrogen (secondary N) is 1. The molecule has 1 aromatic heterocycles. The SMILES string of the molecule is O=c1[nH]cnc2c(O)cc(-c3ccc4c(c3)OCO4)cc12. The number of phenolic OH excluding ortho intramolecular Hbond substituents is 1. The number of hydrogen-bond acceptors (Lipinski definition) is 5. The first-order chi connectivity index (χ1) is 10.2. The lowest BCUT2D eigenvalue weighted by atomic mass is 10.0. The number of nitrogens with zero attached hydrogens (tertiary/aromatic N) is 1. The van der Waals surface area contributed by atoms with Crippen LogP contribution >= 0.6 is 0 Å². The van der Waals surface area contributed by atoms with Crippen molar-refractivity contribution in [2.24, 2.45) is 0 Å². The molecule has 0 aliphatic carbocycles. The van der Waals surface area contributed by atoms with Crippen LogP contribution in [0.25, 0.3) is 22.0 Å². The molecule has 0 spiro atoms. The number of aromatic nitrogens is 2. The summed E-state index contributed by atoms with van der Waals surface area (Å²) in [6, 6.07) is 8.73. The third-order valence-electron chi connectivity index (χ3n) is 3.43. The first-order valence-electron chi connectivity index (χ1n) is 6.33. The van der Waals surface area contributed by atoms with Crippen molar-refractivity contribution in [3.8, 4) is 28.4 Å². The zero-order valence-corrected chi connectivity index (χ0v) is 10.8. The summed E-state index contributed by atoms with van der Waals surface area (Å²) in [6.45, 7) is 0.200. The van der Waals surface area contributed by atoms with E-state index in [0.29, 0.717) is 22.4 Å². The number of hydrogen-bond donors (Lipinski definition) is 2. The number of phenols is 1. The Bertz CT molecular complexity index is 917. The Morgan fingerprint density at radius 3 is 2.86 bits per heavy atom. The number of ether oxygens (including phenoxy) is 2. The molecular weight excluding hydrogens is 272 g/mol. The van der Waals surface area contributed by atoms with Gasteiger partial charge in [0.05, 0.1) is 11.7 Å². The standard InChI is InChI=1S/C15H10N2O4/c18-11-4-9(3-10-14(11)16-6-17-15(10)19)8-1-2-12-13(5-8)21-7-20-12/h1-6,18H,7H2,(H,16,17,19). The molecule has 0 fully saturated rings. The van der Waals surface area contributed by atoms with Gasteiger partial charge in [-0.15, -0.1) is 0 Å². The van der Waals surface area contributed by atoms with Gasteiger partial charge < -0.3 is 19.6 Å². The van der Waals surface area contributed by atoms with Gasteiger partial charge in [0.2, 0.25) is 6.79 Å². The number of benzene rings is 2. The molecule has 2 N–H and O–H groups in total. The van der Waals surface area contributed by atoms with Gasteiger partial charge in [0.1, 0.15) is 11.3 Å². The van der Waals surface area contributed by atoms with Gasteiger partial charge in [0, 0.05) is 0 Å². The molecule has 0 radical (unpaired) electrons. The van der Waals surface area contributed by atoms with Crippen LogP contribution in [0.2, 0.25) is 0 Å². The highest BCUT2D eigenvalue weighted by atomic mass is 16.7. The fraction of sp³-hybridized carbons (Fsp3) is 0.0667. The zero-order valence-electron chi connectivity index (χ0n) is 10.8. The Morgan fingerprint density at radius 1 is 1.10 bits per heavy atom. The van der Waals surface area contributed by atoms with E-state index in [-0.39, 0.29) is 23.6 Å². The van der Waals surface area contributed by atoms with Gasteiger partial charge >= 0.3 is 0 Å². The molecule has 0 atom stereocenters. The van der Waals surface area contributed by atoms with Crippen molar-refractivity contribution < 1.29 is 14.6 Å². The summed E-state index contributed by atoms with van der Waals surface area (Å²) in [4.78, 5) is 18.3. The molecule has 3 aromatic rings. The van der Waals surface area contributed by atoms with Crippen molar-refractivity contribution in [3.63, 3.8) is 0 Å². The molecule has 1 aliphatic rings. The van der Waals surface area contributed by atoms with Gasteiger partial charge in [-0.2, -0.15) is 0 Å². The van der Waals surface area contributed by atoms with Crippen molar-refractivity contribution >= 4 is 10.9 Å². The summed E-state index contributed by atoms with van der Waals surface area (Å²) in [5.74, 6) is 1.29. The third kappa shape index (κ3) is 1.80. The smallest absolute Gasteiger partial charge is 0.258 e. The maximum absolute atomic E-state index is 11.9. The summed E-state index contributed by atoms with van der Waals surface area (Å²) >= 11 is 0. The van der Waals surface area contributed by atoms with Crippen molar-refractivity contribution in [1.29, 1.82) is 0 Å². The van der Waals surface area contributed by atoms with E-state index in [1.54, 1.807) is 18.2 Å². The highest BCUT2D eigenvalue weighted by Gasteiger charge is 2.15. The summed E-state index contributed by atoms with van der Waals surface area (Å²) < 4.78 is 10.6. The van der Waals surface area contributed by atoms with Crippen LogP contribution in [-0.2, 0) is 0 Å². The van der Waals surface area contributed by atoms with Crippen molar-refractivity contribution in [2.75, 3.05) is 6.79 Å². The molecule has 21 heavy (non-hydrogen) atoms. The van der Waals surface area contributed by atoms with E-state index in [4.69, 9.17) is 9.47 Å². The van der Waals surface area contributed by atoms with Gasteiger partial charge in [-0.25, -0.2) is 4.98 Å². The fourth-order valence-electron chi connectivity index (χ4n) is 2.40. The monoisotopic (exact) mass is 282 g/mol. The van der Waals surface area contributed by atoms with Crippen molar-refractivity contribution in [2.45, 2.75) is 0 Å². The minimum absolute atomic E-state index is 0.0359. The van der Waals surface area contributed by atoms with E-state index in [1.165, 1.54) is 6.33 Å². The Kier molecular flexibility index (Phi) is 2.38. The molecule has 104 valence electrons. The van der Waals surface area contributed by atoms with E-state index in [9.17, 15) is 9.90 Å². The molecule has 1 aliphatic heterocycles. The van der Waals surface area contributed by atoms with Crippen molar-refractivity contribution in [1.82, 2.24) is 9.97 Å². The Labute approximate surface area is 118 Å². The van der Waals surface area contributed by atoms with Crippen LogP contribution in [0.4, 0.5) is 0 Å². The highest BCUT2D eigenvalue weighted by Crippen LogP contribution is 2.37. The zero-order chi connectivity index (χ0) is 14.4. The Morgan fingerprint density at radius 2 is 1.95 bits per heavy atom. The Balaban J connectivity index is 1.95. The van der Waals surface area contributed by atoms with Crippen LogP contribution in [0, 0.1) is 0 Å². The minimum atomic E-state index is -0.294. The number of rotatable bonds is 1. The molecule has 0 amide bonds. The van der Waals surface area contributed by atoms with E-state index in [2.05, 4.69) is 9.97 Å². The number of fused-ring (bicyclic) bond motifs is 2. The van der Waals surface area contributed by atoms with Crippen LogP contribution in [-0.4, -0.2) is 21.9 Å². The lowest BCUT2D eigenvalue weighted by Gasteiger charge is -2.06. The second-order valence-electron chi connectivity index (χ2n) is 4.69. The van der Waals surface area contributed by atoms with Crippen LogP contribution in [0.15, 0.2) is 41.5 Å². The summed E-state index contributed by atoms with van der Waals surface area (Å²) in [7, 11) is 0. The lowest BCUT2D eigenvalue weighted by molar-refractivity contribution is 0.174. The number of aromatic amines is 1. The molecule has 6 heteroatoms. The fourth-order valence-corrected chi connectivity index (χ4v) is 2.40. The maximum atomic E-state index is 11.9. The largest absolute Gasteiger partial charge is 0.506 e. The minimum Gasteiger partial charge on any atom is -0.506 e. The topological polar surface area (TPSA) is 84.4 Å². The first kappa shape index (κ1) is 11.8. The average molecular weight is 282 g/mol. The van der Waals surface area contributed by atoms with E-state index >= 15 is 0 Å². The molecule has 4 rings (SSSR count). The summed E-state index contributed by atoms with van der Waals surface area (Å²) in [5, 5.41) is 10.4. The number of H-pyrrole nitrogens is 1. The van der Waals surface area contributed by atoms with Crippen LogP contribution in [0.1, 0.15) is 0 Å². The predicted octanol–water partition coefficient (Wildman–Crippen LogP) is 2.02. The van der Waals surface area contributed by atoms with Gasteiger partial charge in [-0.05, 0) is 35.4 Å². The first-order valence-corrected chi connectivity index (χ1v) is 6.33. The summed E-state index contributed by atoms with van der Waals surface area (Å²) in [6.07, 6.45) is 1.27. The van der Waals surface area contributed by atoms with E-state index in [1.807, 2.05) is 12.1 Å².